The fourth-order valence-electron chi connectivity index (χ4n) is 8.48. The summed E-state index contributed by atoms with van der Waals surface area (Å²) in [6.07, 6.45) is 8.78. The zero-order chi connectivity index (χ0) is 37.8. The maximum atomic E-state index is 6.90. The van der Waals surface area contributed by atoms with Crippen molar-refractivity contribution in [2.75, 3.05) is 0 Å². The van der Waals surface area contributed by atoms with Gasteiger partial charge in [-0.3, -0.25) is 4.57 Å². The van der Waals surface area contributed by atoms with Gasteiger partial charge in [0.1, 0.15) is 17.3 Å². The molecule has 0 fully saturated rings. The van der Waals surface area contributed by atoms with Crippen LogP contribution in [-0.4, -0.2) is 19.3 Å². The molecule has 5 heteroatoms. The third-order valence-corrected chi connectivity index (χ3v) is 11.0. The Morgan fingerprint density at radius 1 is 0.830 bits per heavy atom. The second kappa shape index (κ2) is 14.0. The van der Waals surface area contributed by atoms with Crippen LogP contribution in [0.25, 0.3) is 33.3 Å². The number of ether oxygens (including phenoxy) is 1. The molecule has 3 heterocycles. The predicted octanol–water partition coefficient (Wildman–Crippen LogP) is 13.1. The zero-order valence-corrected chi connectivity index (χ0v) is 33.8. The molecule has 3 aromatic heterocycles. The van der Waals surface area contributed by atoms with Gasteiger partial charge in [0.2, 0.25) is 0 Å². The molecule has 2 atom stereocenters. The first-order chi connectivity index (χ1) is 25.1. The van der Waals surface area contributed by atoms with E-state index in [9.17, 15) is 0 Å². The molecule has 7 rings (SSSR count). The maximum absolute atomic E-state index is 6.90. The number of fused-ring (bicyclic) bond motifs is 3. The van der Waals surface area contributed by atoms with E-state index in [-0.39, 0.29) is 10.8 Å². The normalized spacial score (nSPS) is 16.9. The molecule has 1 aliphatic carbocycles. The van der Waals surface area contributed by atoms with Crippen molar-refractivity contribution in [1.82, 2.24) is 19.3 Å². The number of aromatic nitrogens is 4. The first kappa shape index (κ1) is 36.7. The summed E-state index contributed by atoms with van der Waals surface area (Å²) in [5, 5.41) is 7.97. The van der Waals surface area contributed by atoms with Crippen LogP contribution in [0.15, 0.2) is 90.6 Å². The van der Waals surface area contributed by atoms with Gasteiger partial charge in [-0.2, -0.15) is 5.10 Å². The van der Waals surface area contributed by atoms with Crippen LogP contribution in [0.3, 0.4) is 0 Å². The Kier molecular flexibility index (Phi) is 9.68. The number of para-hydroxylation sites is 1. The second-order valence-electron chi connectivity index (χ2n) is 18.1. The lowest BCUT2D eigenvalue weighted by molar-refractivity contribution is 0.431. The van der Waals surface area contributed by atoms with Crippen molar-refractivity contribution in [2.45, 2.75) is 119 Å². The molecule has 0 unspecified atom stereocenters. The lowest BCUT2D eigenvalue weighted by Crippen LogP contribution is -2.25. The summed E-state index contributed by atoms with van der Waals surface area (Å²) in [5.41, 5.74) is 10.9. The summed E-state index contributed by atoms with van der Waals surface area (Å²) in [5.74, 6) is 4.03. The number of allylic oxidation sites excluding steroid dienone is 2. The molecular weight excluding hydrogens is 649 g/mol. The minimum Gasteiger partial charge on any atom is -0.457 e. The van der Waals surface area contributed by atoms with Crippen LogP contribution in [-0.2, 0) is 17.3 Å². The Labute approximate surface area is 317 Å². The molecule has 53 heavy (non-hydrogen) atoms. The molecule has 0 saturated carbocycles. The van der Waals surface area contributed by atoms with Crippen molar-refractivity contribution in [3.05, 3.63) is 119 Å². The number of rotatable bonds is 8. The molecule has 276 valence electrons. The van der Waals surface area contributed by atoms with Crippen molar-refractivity contribution >= 4 is 21.8 Å². The minimum atomic E-state index is -0.138. The van der Waals surface area contributed by atoms with Gasteiger partial charge in [0, 0.05) is 51.4 Å². The highest BCUT2D eigenvalue weighted by molar-refractivity contribution is 6.09. The lowest BCUT2D eigenvalue weighted by atomic mass is 9.70. The van der Waals surface area contributed by atoms with Crippen LogP contribution in [0.2, 0.25) is 0 Å². The standard InChI is InChI=1S/C48H58N4O/c1-30(2)19-20-34-26-35(52-46(48(9,10)11)44(45(50-52)47(6,7)8)43-32(4)15-14-16-33(43)5)28-37(27-34)53-36-21-22-39-38-17-12-13-18-40(38)51(41(39)29-36)42-25-31(3)23-24-49-42/h12-13,15,17-18,21-30,33,43H,14,16,19-20H2,1-11H3/t33-,43+/m0/s1. The van der Waals surface area contributed by atoms with Gasteiger partial charge in [0.15, 0.2) is 0 Å². The highest BCUT2D eigenvalue weighted by Gasteiger charge is 2.39. The molecule has 0 spiro atoms. The van der Waals surface area contributed by atoms with Gasteiger partial charge in [0.05, 0.1) is 28.1 Å². The van der Waals surface area contributed by atoms with Crippen molar-refractivity contribution in [1.29, 1.82) is 0 Å². The summed E-state index contributed by atoms with van der Waals surface area (Å²) in [4.78, 5) is 4.79. The first-order valence-corrected chi connectivity index (χ1v) is 19.7. The van der Waals surface area contributed by atoms with Gasteiger partial charge in [0.25, 0.3) is 0 Å². The maximum Gasteiger partial charge on any atom is 0.137 e. The number of pyridine rings is 1. The minimum absolute atomic E-state index is 0.118. The molecular formula is C48H58N4O. The van der Waals surface area contributed by atoms with Crippen molar-refractivity contribution in [3.8, 4) is 23.0 Å². The average molecular weight is 707 g/mol. The predicted molar refractivity (Wildman–Crippen MR) is 222 cm³/mol. The number of nitrogens with zero attached hydrogens (tertiary/aromatic N) is 4. The van der Waals surface area contributed by atoms with E-state index in [0.717, 1.165) is 53.3 Å². The Morgan fingerprint density at radius 3 is 2.28 bits per heavy atom. The highest BCUT2D eigenvalue weighted by atomic mass is 16.5. The molecule has 0 saturated heterocycles. The summed E-state index contributed by atoms with van der Waals surface area (Å²) < 4.78 is 11.4. The summed E-state index contributed by atoms with van der Waals surface area (Å²) in [6, 6.07) is 26.0. The van der Waals surface area contributed by atoms with Crippen molar-refractivity contribution < 1.29 is 4.74 Å². The van der Waals surface area contributed by atoms with E-state index >= 15 is 0 Å². The number of hydrogen-bond acceptors (Lipinski definition) is 3. The van der Waals surface area contributed by atoms with Gasteiger partial charge in [-0.05, 0) is 105 Å². The number of aryl methyl sites for hydroxylation is 2. The Hall–Kier alpha value is -4.64. The van der Waals surface area contributed by atoms with Gasteiger partial charge in [-0.25, -0.2) is 9.67 Å². The van der Waals surface area contributed by atoms with Crippen LogP contribution in [0.4, 0.5) is 0 Å². The van der Waals surface area contributed by atoms with Gasteiger partial charge in [-0.15, -0.1) is 0 Å². The number of benzene rings is 3. The van der Waals surface area contributed by atoms with Crippen LogP contribution in [0.1, 0.15) is 122 Å². The molecule has 0 N–H and O–H groups in total. The molecule has 0 aliphatic heterocycles. The third kappa shape index (κ3) is 7.20. The molecule has 5 nitrogen and oxygen atoms in total. The topological polar surface area (TPSA) is 44.9 Å². The Balaban J connectivity index is 1.40. The van der Waals surface area contributed by atoms with Crippen LogP contribution in [0.5, 0.6) is 11.5 Å². The van der Waals surface area contributed by atoms with E-state index < -0.39 is 0 Å². The van der Waals surface area contributed by atoms with Crippen LogP contribution in [0, 0.1) is 18.8 Å². The van der Waals surface area contributed by atoms with Gasteiger partial charge < -0.3 is 4.74 Å². The SMILES string of the molecule is CC1=CCC[C@H](C)[C@@H]1c1c(C(C)(C)C)nn(-c2cc(CCC(C)C)cc(Oc3ccc4c5ccccc5n(-c5cc(C)ccn5)c4c3)c2)c1C(C)(C)C. The van der Waals surface area contributed by atoms with E-state index in [4.69, 9.17) is 14.8 Å². The zero-order valence-electron chi connectivity index (χ0n) is 33.8. The van der Waals surface area contributed by atoms with Gasteiger partial charge >= 0.3 is 0 Å². The monoisotopic (exact) mass is 706 g/mol. The summed E-state index contributed by atoms with van der Waals surface area (Å²) in [7, 11) is 0. The average Bonchev–Trinajstić information content (AvgIpc) is 3.65. The third-order valence-electron chi connectivity index (χ3n) is 11.0. The highest BCUT2D eigenvalue weighted by Crippen LogP contribution is 2.47. The first-order valence-electron chi connectivity index (χ1n) is 19.7. The summed E-state index contributed by atoms with van der Waals surface area (Å²) >= 11 is 0. The largest absolute Gasteiger partial charge is 0.457 e. The molecule has 0 bridgehead atoms. The van der Waals surface area contributed by atoms with E-state index in [2.05, 4.69) is 158 Å². The van der Waals surface area contributed by atoms with Crippen LogP contribution < -0.4 is 4.74 Å². The fourth-order valence-corrected chi connectivity index (χ4v) is 8.48. The smallest absolute Gasteiger partial charge is 0.137 e. The van der Waals surface area contributed by atoms with E-state index in [1.54, 1.807) is 0 Å². The number of hydrogen-bond donors (Lipinski definition) is 0. The van der Waals surface area contributed by atoms with E-state index in [1.807, 2.05) is 12.3 Å². The van der Waals surface area contributed by atoms with Crippen LogP contribution >= 0.6 is 0 Å². The van der Waals surface area contributed by atoms with Gasteiger partial charge in [-0.1, -0.05) is 92.2 Å². The molecule has 0 radical (unpaired) electrons. The molecule has 3 aromatic carbocycles. The molecule has 0 amide bonds. The van der Waals surface area contributed by atoms with E-state index in [1.165, 1.54) is 50.8 Å². The van der Waals surface area contributed by atoms with Crippen molar-refractivity contribution in [2.24, 2.45) is 11.8 Å². The lowest BCUT2D eigenvalue weighted by Gasteiger charge is -2.34. The van der Waals surface area contributed by atoms with Crippen molar-refractivity contribution in [3.63, 3.8) is 0 Å². The fraction of sp³-hybridized carbons (Fsp3) is 0.417. The Morgan fingerprint density at radius 2 is 1.58 bits per heavy atom. The second-order valence-corrected chi connectivity index (χ2v) is 18.1. The quantitative estimate of drug-likeness (QED) is 0.148. The molecule has 1 aliphatic rings. The van der Waals surface area contributed by atoms with E-state index in [0.29, 0.717) is 17.8 Å². The Bertz CT molecular complexity index is 2320. The molecule has 6 aromatic rings. The summed E-state index contributed by atoms with van der Waals surface area (Å²) in [6.45, 7) is 25.5.